The van der Waals surface area contributed by atoms with Crippen molar-refractivity contribution in [1.82, 2.24) is 4.90 Å². The van der Waals surface area contributed by atoms with Crippen molar-refractivity contribution in [3.05, 3.63) is 24.3 Å². The molecule has 4 heteroatoms. The van der Waals surface area contributed by atoms with Gasteiger partial charge in [0.15, 0.2) is 0 Å². The zero-order valence-electron chi connectivity index (χ0n) is 10.9. The molecule has 2 rings (SSSR count). The SMILES string of the molecule is COc1cccc(OCCCN2CCOCC2)c1. The fourth-order valence-corrected chi connectivity index (χ4v) is 1.99. The Kier molecular flexibility index (Phi) is 5.30. The largest absolute Gasteiger partial charge is 0.497 e. The van der Waals surface area contributed by atoms with E-state index in [4.69, 9.17) is 14.2 Å². The Bertz CT molecular complexity index is 351. The van der Waals surface area contributed by atoms with E-state index in [2.05, 4.69) is 4.90 Å². The zero-order chi connectivity index (χ0) is 12.6. The highest BCUT2D eigenvalue weighted by Crippen LogP contribution is 2.18. The van der Waals surface area contributed by atoms with Crippen LogP contribution < -0.4 is 9.47 Å². The van der Waals surface area contributed by atoms with Crippen LogP contribution >= 0.6 is 0 Å². The first-order chi connectivity index (χ1) is 8.88. The first-order valence-electron chi connectivity index (χ1n) is 6.45. The van der Waals surface area contributed by atoms with E-state index in [1.54, 1.807) is 7.11 Å². The summed E-state index contributed by atoms with van der Waals surface area (Å²) < 4.78 is 16.2. The molecule has 0 amide bonds. The third-order valence-electron chi connectivity index (χ3n) is 3.03. The van der Waals surface area contributed by atoms with Gasteiger partial charge in [-0.15, -0.1) is 0 Å². The summed E-state index contributed by atoms with van der Waals surface area (Å²) in [6.07, 6.45) is 1.04. The Labute approximate surface area is 108 Å². The molecule has 1 saturated heterocycles. The Hall–Kier alpha value is -1.26. The lowest BCUT2D eigenvalue weighted by atomic mass is 10.3. The summed E-state index contributed by atoms with van der Waals surface area (Å²) in [5.74, 6) is 1.71. The fraction of sp³-hybridized carbons (Fsp3) is 0.571. The number of hydrogen-bond acceptors (Lipinski definition) is 4. The van der Waals surface area contributed by atoms with Crippen LogP contribution in [0.1, 0.15) is 6.42 Å². The third-order valence-corrected chi connectivity index (χ3v) is 3.03. The maximum atomic E-state index is 5.70. The van der Waals surface area contributed by atoms with Crippen LogP contribution in [-0.2, 0) is 4.74 Å². The predicted molar refractivity (Wildman–Crippen MR) is 70.4 cm³/mol. The molecule has 0 N–H and O–H groups in total. The van der Waals surface area contributed by atoms with Gasteiger partial charge in [-0.25, -0.2) is 0 Å². The molecule has 1 heterocycles. The lowest BCUT2D eigenvalue weighted by molar-refractivity contribution is 0.0358. The number of methoxy groups -OCH3 is 1. The number of nitrogens with zero attached hydrogens (tertiary/aromatic N) is 1. The fourth-order valence-electron chi connectivity index (χ4n) is 1.99. The molecule has 0 aromatic heterocycles. The van der Waals surface area contributed by atoms with Gasteiger partial charge in [-0.3, -0.25) is 4.90 Å². The topological polar surface area (TPSA) is 30.9 Å². The number of ether oxygens (including phenoxy) is 3. The lowest BCUT2D eigenvalue weighted by Crippen LogP contribution is -2.37. The third kappa shape index (κ3) is 4.20. The van der Waals surface area contributed by atoms with E-state index in [0.717, 1.165) is 57.4 Å². The normalized spacial score (nSPS) is 16.5. The van der Waals surface area contributed by atoms with Crippen molar-refractivity contribution in [3.63, 3.8) is 0 Å². The molecule has 0 spiro atoms. The van der Waals surface area contributed by atoms with E-state index in [-0.39, 0.29) is 0 Å². The van der Waals surface area contributed by atoms with E-state index >= 15 is 0 Å². The van der Waals surface area contributed by atoms with Gasteiger partial charge in [0.25, 0.3) is 0 Å². The molecule has 0 atom stereocenters. The van der Waals surface area contributed by atoms with Gasteiger partial charge in [-0.1, -0.05) is 6.07 Å². The van der Waals surface area contributed by atoms with Crippen molar-refractivity contribution in [2.75, 3.05) is 46.6 Å². The average Bonchev–Trinajstić information content (AvgIpc) is 2.45. The van der Waals surface area contributed by atoms with Crippen molar-refractivity contribution >= 4 is 0 Å². The molecule has 1 aromatic carbocycles. The van der Waals surface area contributed by atoms with Crippen LogP contribution in [0.3, 0.4) is 0 Å². The molecule has 4 nitrogen and oxygen atoms in total. The van der Waals surface area contributed by atoms with Crippen LogP contribution in [0, 0.1) is 0 Å². The number of morpholine rings is 1. The van der Waals surface area contributed by atoms with E-state index in [1.807, 2.05) is 24.3 Å². The summed E-state index contributed by atoms with van der Waals surface area (Å²) >= 11 is 0. The highest BCUT2D eigenvalue weighted by Gasteiger charge is 2.09. The van der Waals surface area contributed by atoms with Crippen molar-refractivity contribution in [3.8, 4) is 11.5 Å². The second kappa shape index (κ2) is 7.24. The molecule has 0 radical (unpaired) electrons. The zero-order valence-corrected chi connectivity index (χ0v) is 10.9. The highest BCUT2D eigenvalue weighted by atomic mass is 16.5. The van der Waals surface area contributed by atoms with Crippen LogP contribution in [-0.4, -0.2) is 51.5 Å². The van der Waals surface area contributed by atoms with Gasteiger partial charge >= 0.3 is 0 Å². The predicted octanol–water partition coefficient (Wildman–Crippen LogP) is 1.80. The van der Waals surface area contributed by atoms with Crippen LogP contribution in [0.5, 0.6) is 11.5 Å². The number of hydrogen-bond donors (Lipinski definition) is 0. The Morgan fingerprint density at radius 2 is 2.00 bits per heavy atom. The van der Waals surface area contributed by atoms with Gasteiger partial charge in [0, 0.05) is 25.7 Å². The van der Waals surface area contributed by atoms with Crippen LogP contribution in [0.15, 0.2) is 24.3 Å². The van der Waals surface area contributed by atoms with Gasteiger partial charge in [0.1, 0.15) is 11.5 Å². The Balaban J connectivity index is 1.65. The summed E-state index contributed by atoms with van der Waals surface area (Å²) in [7, 11) is 1.66. The molecule has 100 valence electrons. The second-order valence-electron chi connectivity index (χ2n) is 4.34. The van der Waals surface area contributed by atoms with Crippen molar-refractivity contribution in [2.24, 2.45) is 0 Å². The molecule has 0 unspecified atom stereocenters. The Morgan fingerprint density at radius 1 is 1.22 bits per heavy atom. The van der Waals surface area contributed by atoms with Crippen LogP contribution in [0.25, 0.3) is 0 Å². The van der Waals surface area contributed by atoms with Crippen molar-refractivity contribution in [2.45, 2.75) is 6.42 Å². The molecule has 0 saturated carbocycles. The summed E-state index contributed by atoms with van der Waals surface area (Å²) in [6.45, 7) is 5.61. The maximum absolute atomic E-state index is 5.70. The van der Waals surface area contributed by atoms with Crippen LogP contribution in [0.2, 0.25) is 0 Å². The van der Waals surface area contributed by atoms with Crippen LogP contribution in [0.4, 0.5) is 0 Å². The van der Waals surface area contributed by atoms with E-state index in [0.29, 0.717) is 0 Å². The molecule has 0 bridgehead atoms. The minimum atomic E-state index is 0.741. The minimum absolute atomic E-state index is 0.741. The summed E-state index contributed by atoms with van der Waals surface area (Å²) in [5.41, 5.74) is 0. The van der Waals surface area contributed by atoms with Gasteiger partial charge in [0.2, 0.25) is 0 Å². The molecule has 0 aliphatic carbocycles. The van der Waals surface area contributed by atoms with Gasteiger partial charge < -0.3 is 14.2 Å². The van der Waals surface area contributed by atoms with Gasteiger partial charge in [-0.05, 0) is 18.6 Å². The first-order valence-corrected chi connectivity index (χ1v) is 6.45. The average molecular weight is 251 g/mol. The minimum Gasteiger partial charge on any atom is -0.497 e. The highest BCUT2D eigenvalue weighted by molar-refractivity contribution is 5.32. The second-order valence-corrected chi connectivity index (χ2v) is 4.34. The molecule has 18 heavy (non-hydrogen) atoms. The number of benzene rings is 1. The van der Waals surface area contributed by atoms with E-state index in [1.165, 1.54) is 0 Å². The Morgan fingerprint density at radius 3 is 2.78 bits per heavy atom. The molecule has 1 aliphatic rings. The van der Waals surface area contributed by atoms with E-state index < -0.39 is 0 Å². The van der Waals surface area contributed by atoms with Crippen molar-refractivity contribution in [1.29, 1.82) is 0 Å². The maximum Gasteiger partial charge on any atom is 0.122 e. The lowest BCUT2D eigenvalue weighted by Gasteiger charge is -2.26. The summed E-state index contributed by atoms with van der Waals surface area (Å²) in [6, 6.07) is 7.72. The standard InChI is InChI=1S/C14H21NO3/c1-16-13-4-2-5-14(12-13)18-9-3-6-15-7-10-17-11-8-15/h2,4-5,12H,3,6-11H2,1H3. The van der Waals surface area contributed by atoms with Gasteiger partial charge in [-0.2, -0.15) is 0 Å². The molecule has 1 aromatic rings. The molecule has 1 aliphatic heterocycles. The quantitative estimate of drug-likeness (QED) is 0.721. The number of rotatable bonds is 6. The van der Waals surface area contributed by atoms with Gasteiger partial charge in [0.05, 0.1) is 26.9 Å². The summed E-state index contributed by atoms with van der Waals surface area (Å²) in [5, 5.41) is 0. The van der Waals surface area contributed by atoms with Crippen molar-refractivity contribution < 1.29 is 14.2 Å². The van der Waals surface area contributed by atoms with E-state index in [9.17, 15) is 0 Å². The monoisotopic (exact) mass is 251 g/mol. The molecule has 1 fully saturated rings. The molecular weight excluding hydrogens is 230 g/mol. The first kappa shape index (κ1) is 13.2. The summed E-state index contributed by atoms with van der Waals surface area (Å²) in [4.78, 5) is 2.42. The smallest absolute Gasteiger partial charge is 0.122 e. The molecular formula is C14H21NO3.